The summed E-state index contributed by atoms with van der Waals surface area (Å²) < 4.78 is 0. The third kappa shape index (κ3) is 2.56. The Morgan fingerprint density at radius 1 is 1.05 bits per heavy atom. The van der Waals surface area contributed by atoms with Gasteiger partial charge in [0.25, 0.3) is 0 Å². The highest BCUT2D eigenvalue weighted by Crippen LogP contribution is 2.26. The summed E-state index contributed by atoms with van der Waals surface area (Å²) in [5.41, 5.74) is 5.15. The molecule has 0 aromatic heterocycles. The first-order valence-corrected chi connectivity index (χ1v) is 7.37. The van der Waals surface area contributed by atoms with E-state index in [4.69, 9.17) is 0 Å². The van der Waals surface area contributed by atoms with Crippen molar-refractivity contribution in [1.29, 1.82) is 0 Å². The lowest BCUT2D eigenvalue weighted by Crippen LogP contribution is -2.30. The Labute approximate surface area is 120 Å². The number of hydrogen-bond donors (Lipinski definition) is 1. The zero-order valence-electron chi connectivity index (χ0n) is 11.9. The second-order valence-electron chi connectivity index (χ2n) is 5.46. The number of hydrogen-bond acceptors (Lipinski definition) is 2. The number of anilines is 1. The fourth-order valence-corrected chi connectivity index (χ4v) is 2.86. The van der Waals surface area contributed by atoms with E-state index in [1.807, 2.05) is 19.1 Å². The van der Waals surface area contributed by atoms with E-state index in [2.05, 4.69) is 41.3 Å². The molecule has 3 rings (SSSR count). The highest BCUT2D eigenvalue weighted by Gasteiger charge is 2.16. The maximum atomic E-state index is 9.85. The smallest absolute Gasteiger partial charge is 0.0787 e. The Balaban J connectivity index is 1.78. The van der Waals surface area contributed by atoms with Crippen molar-refractivity contribution in [3.8, 4) is 0 Å². The maximum absolute atomic E-state index is 9.85. The first-order valence-electron chi connectivity index (χ1n) is 7.37. The van der Waals surface area contributed by atoms with Crippen molar-refractivity contribution in [2.45, 2.75) is 32.4 Å². The number of rotatable bonds is 3. The Kier molecular flexibility index (Phi) is 3.75. The van der Waals surface area contributed by atoms with Gasteiger partial charge in [-0.1, -0.05) is 43.3 Å². The van der Waals surface area contributed by atoms with Crippen LogP contribution in [0.4, 0.5) is 5.69 Å². The molecule has 1 N–H and O–H groups in total. The third-order valence-electron chi connectivity index (χ3n) is 4.16. The van der Waals surface area contributed by atoms with E-state index in [0.717, 1.165) is 31.5 Å². The number of benzene rings is 2. The summed E-state index contributed by atoms with van der Waals surface area (Å²) in [7, 11) is 0. The first kappa shape index (κ1) is 13.2. The monoisotopic (exact) mass is 267 g/mol. The molecule has 1 aliphatic rings. The van der Waals surface area contributed by atoms with E-state index in [-0.39, 0.29) is 6.10 Å². The molecule has 0 amide bonds. The first-order chi connectivity index (χ1) is 9.78. The van der Waals surface area contributed by atoms with Crippen molar-refractivity contribution < 1.29 is 5.11 Å². The summed E-state index contributed by atoms with van der Waals surface area (Å²) in [4.78, 5) is 2.41. The normalized spacial score (nSPS) is 15.8. The van der Waals surface area contributed by atoms with Crippen LogP contribution in [0.15, 0.2) is 48.5 Å². The lowest BCUT2D eigenvalue weighted by atomic mass is 9.99. The highest BCUT2D eigenvalue weighted by molar-refractivity contribution is 5.50. The van der Waals surface area contributed by atoms with Gasteiger partial charge in [0.05, 0.1) is 6.10 Å². The van der Waals surface area contributed by atoms with Crippen molar-refractivity contribution in [3.05, 3.63) is 65.2 Å². The molecule has 1 aliphatic heterocycles. The van der Waals surface area contributed by atoms with Crippen LogP contribution in [0.25, 0.3) is 0 Å². The van der Waals surface area contributed by atoms with Gasteiger partial charge in [0, 0.05) is 18.8 Å². The predicted molar refractivity (Wildman–Crippen MR) is 82.9 cm³/mol. The van der Waals surface area contributed by atoms with Crippen molar-refractivity contribution in [2.24, 2.45) is 0 Å². The standard InChI is InChI=1S/C18H21NO/c1-2-18(20)15-7-9-17(10-8-15)19-12-11-14-5-3-4-6-16(14)13-19/h3-10,18,20H,2,11-13H2,1H3/t18-/m0/s1. The minimum atomic E-state index is -0.342. The minimum Gasteiger partial charge on any atom is -0.388 e. The van der Waals surface area contributed by atoms with E-state index in [0.29, 0.717) is 0 Å². The van der Waals surface area contributed by atoms with Crippen molar-refractivity contribution in [3.63, 3.8) is 0 Å². The molecular formula is C18H21NO. The van der Waals surface area contributed by atoms with Gasteiger partial charge < -0.3 is 10.0 Å². The molecule has 0 fully saturated rings. The van der Waals surface area contributed by atoms with Crippen LogP contribution in [0.5, 0.6) is 0 Å². The van der Waals surface area contributed by atoms with Gasteiger partial charge in [-0.15, -0.1) is 0 Å². The molecule has 0 unspecified atom stereocenters. The molecule has 20 heavy (non-hydrogen) atoms. The molecule has 0 bridgehead atoms. The second-order valence-corrected chi connectivity index (χ2v) is 5.46. The number of aliphatic hydroxyl groups excluding tert-OH is 1. The molecule has 1 heterocycles. The summed E-state index contributed by atoms with van der Waals surface area (Å²) in [6, 6.07) is 17.0. The van der Waals surface area contributed by atoms with Crippen LogP contribution in [-0.4, -0.2) is 11.7 Å². The lowest BCUT2D eigenvalue weighted by Gasteiger charge is -2.31. The zero-order chi connectivity index (χ0) is 13.9. The van der Waals surface area contributed by atoms with Crippen molar-refractivity contribution in [2.75, 3.05) is 11.4 Å². The van der Waals surface area contributed by atoms with Crippen LogP contribution in [0, 0.1) is 0 Å². The Bertz CT molecular complexity index is 576. The Morgan fingerprint density at radius 3 is 2.45 bits per heavy atom. The lowest BCUT2D eigenvalue weighted by molar-refractivity contribution is 0.173. The molecule has 0 spiro atoms. The van der Waals surface area contributed by atoms with Crippen LogP contribution >= 0.6 is 0 Å². The van der Waals surface area contributed by atoms with Crippen LogP contribution < -0.4 is 4.90 Å². The van der Waals surface area contributed by atoms with Gasteiger partial charge in [-0.3, -0.25) is 0 Å². The average molecular weight is 267 g/mol. The van der Waals surface area contributed by atoms with Gasteiger partial charge in [-0.2, -0.15) is 0 Å². The molecule has 1 atom stereocenters. The highest BCUT2D eigenvalue weighted by atomic mass is 16.3. The molecule has 2 heteroatoms. The Morgan fingerprint density at radius 2 is 1.75 bits per heavy atom. The van der Waals surface area contributed by atoms with Gasteiger partial charge in [-0.05, 0) is 41.7 Å². The van der Waals surface area contributed by atoms with Crippen molar-refractivity contribution >= 4 is 5.69 Å². The molecule has 0 radical (unpaired) electrons. The quantitative estimate of drug-likeness (QED) is 0.916. The van der Waals surface area contributed by atoms with Gasteiger partial charge in [-0.25, -0.2) is 0 Å². The van der Waals surface area contributed by atoms with Crippen LogP contribution in [0.2, 0.25) is 0 Å². The van der Waals surface area contributed by atoms with E-state index in [1.54, 1.807) is 0 Å². The van der Waals surface area contributed by atoms with E-state index in [1.165, 1.54) is 16.8 Å². The Hall–Kier alpha value is -1.80. The molecule has 2 aromatic carbocycles. The molecule has 0 aliphatic carbocycles. The van der Waals surface area contributed by atoms with Gasteiger partial charge in [0.15, 0.2) is 0 Å². The summed E-state index contributed by atoms with van der Waals surface area (Å²) in [5, 5.41) is 9.85. The van der Waals surface area contributed by atoms with E-state index < -0.39 is 0 Å². The number of fused-ring (bicyclic) bond motifs is 1. The average Bonchev–Trinajstić information content (AvgIpc) is 2.54. The minimum absolute atomic E-state index is 0.342. The zero-order valence-corrected chi connectivity index (χ0v) is 11.9. The van der Waals surface area contributed by atoms with Gasteiger partial charge in [0.2, 0.25) is 0 Å². The largest absolute Gasteiger partial charge is 0.388 e. The topological polar surface area (TPSA) is 23.5 Å². The van der Waals surface area contributed by atoms with Crippen LogP contribution in [-0.2, 0) is 13.0 Å². The van der Waals surface area contributed by atoms with Crippen LogP contribution in [0.3, 0.4) is 0 Å². The summed E-state index contributed by atoms with van der Waals surface area (Å²) in [6.07, 6.45) is 1.53. The predicted octanol–water partition coefficient (Wildman–Crippen LogP) is 3.69. The van der Waals surface area contributed by atoms with Gasteiger partial charge >= 0.3 is 0 Å². The van der Waals surface area contributed by atoms with Crippen molar-refractivity contribution in [1.82, 2.24) is 0 Å². The fraction of sp³-hybridized carbons (Fsp3) is 0.333. The molecule has 2 aromatic rings. The number of nitrogens with zero attached hydrogens (tertiary/aromatic N) is 1. The molecule has 2 nitrogen and oxygen atoms in total. The SMILES string of the molecule is CC[C@H](O)c1ccc(N2CCc3ccccc3C2)cc1. The van der Waals surface area contributed by atoms with Gasteiger partial charge in [0.1, 0.15) is 0 Å². The maximum Gasteiger partial charge on any atom is 0.0787 e. The van der Waals surface area contributed by atoms with E-state index >= 15 is 0 Å². The molecule has 0 saturated heterocycles. The molecular weight excluding hydrogens is 246 g/mol. The summed E-state index contributed by atoms with van der Waals surface area (Å²) >= 11 is 0. The third-order valence-corrected chi connectivity index (χ3v) is 4.16. The van der Waals surface area contributed by atoms with Crippen LogP contribution in [0.1, 0.15) is 36.1 Å². The summed E-state index contributed by atoms with van der Waals surface area (Å²) in [5.74, 6) is 0. The molecule has 104 valence electrons. The number of aliphatic hydroxyl groups is 1. The van der Waals surface area contributed by atoms with E-state index in [9.17, 15) is 5.11 Å². The molecule has 0 saturated carbocycles. The second kappa shape index (κ2) is 5.68. The summed E-state index contributed by atoms with van der Waals surface area (Å²) in [6.45, 7) is 4.04. The fourth-order valence-electron chi connectivity index (χ4n) is 2.86.